The Balaban J connectivity index is 2.09. The normalized spacial score (nSPS) is 10.4. The molecule has 0 radical (unpaired) electrons. The molecular formula is C18H16N2O5S. The summed E-state index contributed by atoms with van der Waals surface area (Å²) in [5, 5.41) is 12.7. The molecule has 7 nitrogen and oxygen atoms in total. The van der Waals surface area contributed by atoms with E-state index in [0.29, 0.717) is 17.2 Å². The predicted octanol–water partition coefficient (Wildman–Crippen LogP) is 4.41. The minimum Gasteiger partial charge on any atom is -0.493 e. The maximum Gasteiger partial charge on any atom is 0.269 e. The van der Waals surface area contributed by atoms with Crippen LogP contribution in [-0.4, -0.2) is 30.6 Å². The van der Waals surface area contributed by atoms with E-state index in [-0.39, 0.29) is 5.69 Å². The highest BCUT2D eigenvalue weighted by Gasteiger charge is 2.18. The van der Waals surface area contributed by atoms with E-state index in [1.165, 1.54) is 23.7 Å². The Labute approximate surface area is 154 Å². The van der Waals surface area contributed by atoms with Crippen molar-refractivity contribution in [3.05, 3.63) is 51.9 Å². The summed E-state index contributed by atoms with van der Waals surface area (Å²) in [6.45, 7) is 0. The van der Waals surface area contributed by atoms with E-state index in [1.54, 1.807) is 33.5 Å². The quantitative estimate of drug-likeness (QED) is 0.471. The lowest BCUT2D eigenvalue weighted by Crippen LogP contribution is -1.96. The molecule has 0 spiro atoms. The zero-order valence-corrected chi connectivity index (χ0v) is 15.2. The summed E-state index contributed by atoms with van der Waals surface area (Å²) in [7, 11) is 4.66. The summed E-state index contributed by atoms with van der Waals surface area (Å²) in [4.78, 5) is 10.4. The number of hydrogen-bond donors (Lipinski definition) is 0. The van der Waals surface area contributed by atoms with Crippen LogP contribution in [0, 0.1) is 10.1 Å². The van der Waals surface area contributed by atoms with Gasteiger partial charge in [-0.05, 0) is 41.4 Å². The lowest BCUT2D eigenvalue weighted by Gasteiger charge is -2.14. The molecule has 1 heterocycles. The van der Waals surface area contributed by atoms with Gasteiger partial charge in [-0.3, -0.25) is 10.1 Å². The standard InChI is InChI=1S/C18H16N2O5S/c1-23-15-8-12(9-16(24-2)18(15)25-3)17-14(10-26-19-17)11-4-6-13(7-5-11)20(21)22/h4-10H,1-3H3. The van der Waals surface area contributed by atoms with Crippen LogP contribution in [0.25, 0.3) is 22.4 Å². The molecule has 0 atom stereocenters. The number of benzene rings is 2. The van der Waals surface area contributed by atoms with Gasteiger partial charge in [0.05, 0.1) is 31.9 Å². The molecule has 8 heteroatoms. The summed E-state index contributed by atoms with van der Waals surface area (Å²) >= 11 is 1.31. The Bertz CT molecular complexity index is 912. The first-order valence-electron chi connectivity index (χ1n) is 7.58. The summed E-state index contributed by atoms with van der Waals surface area (Å²) in [5.74, 6) is 1.57. The van der Waals surface area contributed by atoms with Gasteiger partial charge in [0.2, 0.25) is 5.75 Å². The van der Waals surface area contributed by atoms with E-state index >= 15 is 0 Å². The van der Waals surface area contributed by atoms with E-state index in [9.17, 15) is 10.1 Å². The van der Waals surface area contributed by atoms with Gasteiger partial charge >= 0.3 is 0 Å². The highest BCUT2D eigenvalue weighted by atomic mass is 32.1. The van der Waals surface area contributed by atoms with E-state index in [2.05, 4.69) is 4.37 Å². The highest BCUT2D eigenvalue weighted by molar-refractivity contribution is 7.04. The second kappa shape index (κ2) is 7.40. The number of non-ortho nitro benzene ring substituents is 1. The molecular weight excluding hydrogens is 356 g/mol. The molecule has 0 unspecified atom stereocenters. The van der Waals surface area contributed by atoms with Gasteiger partial charge in [-0.2, -0.15) is 4.37 Å². The van der Waals surface area contributed by atoms with Crippen molar-refractivity contribution in [2.24, 2.45) is 0 Å². The molecule has 134 valence electrons. The van der Waals surface area contributed by atoms with Crippen LogP contribution in [0.15, 0.2) is 41.8 Å². The SMILES string of the molecule is COc1cc(-c2nscc2-c2ccc([N+](=O)[O-])cc2)cc(OC)c1OC. The van der Waals surface area contributed by atoms with Crippen LogP contribution in [0.1, 0.15) is 0 Å². The van der Waals surface area contributed by atoms with Crippen LogP contribution in [0.3, 0.4) is 0 Å². The Morgan fingerprint density at radius 2 is 1.58 bits per heavy atom. The molecule has 26 heavy (non-hydrogen) atoms. The molecule has 2 aromatic carbocycles. The maximum absolute atomic E-state index is 10.8. The Kier molecular flexibility index (Phi) is 5.04. The zero-order valence-electron chi connectivity index (χ0n) is 14.4. The predicted molar refractivity (Wildman–Crippen MR) is 99.3 cm³/mol. The van der Waals surface area contributed by atoms with Crippen molar-refractivity contribution in [1.29, 1.82) is 0 Å². The molecule has 1 aromatic heterocycles. The zero-order chi connectivity index (χ0) is 18.7. The molecule has 0 fully saturated rings. The summed E-state index contributed by atoms with van der Waals surface area (Å²) in [6, 6.07) is 10.0. The van der Waals surface area contributed by atoms with Gasteiger partial charge in [0.25, 0.3) is 5.69 Å². The van der Waals surface area contributed by atoms with Crippen LogP contribution in [-0.2, 0) is 0 Å². The number of rotatable bonds is 6. The minimum absolute atomic E-state index is 0.0475. The van der Waals surface area contributed by atoms with Crippen LogP contribution in [0.2, 0.25) is 0 Å². The van der Waals surface area contributed by atoms with Crippen LogP contribution in [0.4, 0.5) is 5.69 Å². The molecule has 0 saturated heterocycles. The average Bonchev–Trinajstić information content (AvgIpc) is 3.16. The third kappa shape index (κ3) is 3.18. The van der Waals surface area contributed by atoms with E-state index in [0.717, 1.165) is 22.4 Å². The Morgan fingerprint density at radius 1 is 0.962 bits per heavy atom. The monoisotopic (exact) mass is 372 g/mol. The molecule has 0 aliphatic carbocycles. The van der Waals surface area contributed by atoms with Crippen molar-refractivity contribution in [2.75, 3.05) is 21.3 Å². The van der Waals surface area contributed by atoms with Gasteiger partial charge in [0.15, 0.2) is 11.5 Å². The molecule has 3 aromatic rings. The molecule has 3 rings (SSSR count). The largest absolute Gasteiger partial charge is 0.493 e. The fourth-order valence-corrected chi connectivity index (χ4v) is 3.35. The fraction of sp³-hybridized carbons (Fsp3) is 0.167. The third-order valence-electron chi connectivity index (χ3n) is 3.90. The minimum atomic E-state index is -0.421. The lowest BCUT2D eigenvalue weighted by molar-refractivity contribution is -0.384. The maximum atomic E-state index is 10.8. The number of nitro groups is 1. The van der Waals surface area contributed by atoms with Crippen LogP contribution >= 0.6 is 11.5 Å². The average molecular weight is 372 g/mol. The molecule has 0 aliphatic heterocycles. The molecule has 0 N–H and O–H groups in total. The van der Waals surface area contributed by atoms with Crippen molar-refractivity contribution >= 4 is 17.2 Å². The number of nitrogens with zero attached hydrogens (tertiary/aromatic N) is 2. The Morgan fingerprint density at radius 3 is 2.08 bits per heavy atom. The van der Waals surface area contributed by atoms with E-state index < -0.39 is 4.92 Å². The van der Waals surface area contributed by atoms with Crippen molar-refractivity contribution < 1.29 is 19.1 Å². The topological polar surface area (TPSA) is 83.7 Å². The van der Waals surface area contributed by atoms with Gasteiger partial charge in [-0.1, -0.05) is 0 Å². The van der Waals surface area contributed by atoms with E-state index in [1.807, 2.05) is 17.5 Å². The molecule has 0 aliphatic rings. The van der Waals surface area contributed by atoms with Crippen molar-refractivity contribution in [3.8, 4) is 39.6 Å². The molecule has 0 bridgehead atoms. The van der Waals surface area contributed by atoms with Gasteiger partial charge < -0.3 is 14.2 Å². The van der Waals surface area contributed by atoms with Gasteiger partial charge in [0, 0.05) is 28.6 Å². The second-order valence-corrected chi connectivity index (χ2v) is 5.92. The van der Waals surface area contributed by atoms with Gasteiger partial charge in [-0.25, -0.2) is 0 Å². The van der Waals surface area contributed by atoms with Crippen molar-refractivity contribution in [2.45, 2.75) is 0 Å². The third-order valence-corrected chi connectivity index (χ3v) is 4.53. The van der Waals surface area contributed by atoms with Crippen molar-refractivity contribution in [3.63, 3.8) is 0 Å². The molecule has 0 amide bonds. The fourth-order valence-electron chi connectivity index (χ4n) is 2.63. The number of ether oxygens (including phenoxy) is 3. The Hall–Kier alpha value is -3.13. The first kappa shape index (κ1) is 17.7. The van der Waals surface area contributed by atoms with Gasteiger partial charge in [0.1, 0.15) is 0 Å². The number of hydrogen-bond acceptors (Lipinski definition) is 7. The number of methoxy groups -OCH3 is 3. The van der Waals surface area contributed by atoms with Crippen molar-refractivity contribution in [1.82, 2.24) is 4.37 Å². The first-order valence-corrected chi connectivity index (χ1v) is 8.42. The number of nitro benzene ring substituents is 1. The van der Waals surface area contributed by atoms with Crippen LogP contribution < -0.4 is 14.2 Å². The first-order chi connectivity index (χ1) is 12.6. The number of aromatic nitrogens is 1. The summed E-state index contributed by atoms with van der Waals surface area (Å²) < 4.78 is 20.6. The van der Waals surface area contributed by atoms with Crippen LogP contribution in [0.5, 0.6) is 17.2 Å². The summed E-state index contributed by atoms with van der Waals surface area (Å²) in [5.41, 5.74) is 3.30. The van der Waals surface area contributed by atoms with Gasteiger partial charge in [-0.15, -0.1) is 0 Å². The second-order valence-electron chi connectivity index (χ2n) is 5.29. The molecule has 0 saturated carbocycles. The smallest absolute Gasteiger partial charge is 0.269 e. The van der Waals surface area contributed by atoms with E-state index in [4.69, 9.17) is 14.2 Å². The highest BCUT2D eigenvalue weighted by Crippen LogP contribution is 2.43. The summed E-state index contributed by atoms with van der Waals surface area (Å²) in [6.07, 6.45) is 0. The lowest BCUT2D eigenvalue weighted by atomic mass is 10.0.